The van der Waals surface area contributed by atoms with E-state index in [9.17, 15) is 9.90 Å². The van der Waals surface area contributed by atoms with Gasteiger partial charge in [-0.25, -0.2) is 0 Å². The minimum absolute atomic E-state index is 0.00991. The van der Waals surface area contributed by atoms with Crippen LogP contribution in [0.5, 0.6) is 0 Å². The molecule has 110 valence electrons. The van der Waals surface area contributed by atoms with Crippen LogP contribution in [-0.2, 0) is 0 Å². The summed E-state index contributed by atoms with van der Waals surface area (Å²) >= 11 is 0. The lowest BCUT2D eigenvalue weighted by Crippen LogP contribution is -2.42. The van der Waals surface area contributed by atoms with E-state index in [-0.39, 0.29) is 18.6 Å². The monoisotopic (exact) mass is 277 g/mol. The van der Waals surface area contributed by atoms with Gasteiger partial charge in [0.1, 0.15) is 0 Å². The largest absolute Gasteiger partial charge is 0.394 e. The van der Waals surface area contributed by atoms with Crippen molar-refractivity contribution in [1.29, 1.82) is 0 Å². The SMILES string of the molecule is CCNc1cnccc1C(=O)N1CCCCCC1CO. The summed E-state index contributed by atoms with van der Waals surface area (Å²) in [5.74, 6) is -0.00991. The maximum atomic E-state index is 12.8. The molecular weight excluding hydrogens is 254 g/mol. The van der Waals surface area contributed by atoms with Crippen LogP contribution in [-0.4, -0.2) is 46.6 Å². The average Bonchev–Trinajstić information content (AvgIpc) is 2.72. The lowest BCUT2D eigenvalue weighted by molar-refractivity contribution is 0.0600. The van der Waals surface area contributed by atoms with Crippen LogP contribution in [0.2, 0.25) is 0 Å². The maximum Gasteiger partial charge on any atom is 0.256 e. The zero-order valence-electron chi connectivity index (χ0n) is 12.0. The molecule has 1 aromatic rings. The van der Waals surface area contributed by atoms with Crippen LogP contribution >= 0.6 is 0 Å². The summed E-state index contributed by atoms with van der Waals surface area (Å²) in [7, 11) is 0. The molecular formula is C15H23N3O2. The standard InChI is InChI=1S/C15H23N3O2/c1-2-17-14-10-16-8-7-13(14)15(20)18-9-5-3-4-6-12(18)11-19/h7-8,10,12,17,19H,2-6,9,11H2,1H3. The second-order valence-corrected chi connectivity index (χ2v) is 5.14. The molecule has 0 saturated carbocycles. The van der Waals surface area contributed by atoms with E-state index in [4.69, 9.17) is 0 Å². The van der Waals surface area contributed by atoms with E-state index >= 15 is 0 Å². The second kappa shape index (κ2) is 7.24. The quantitative estimate of drug-likeness (QED) is 0.882. The third kappa shape index (κ3) is 3.28. The number of amides is 1. The Morgan fingerprint density at radius 1 is 1.50 bits per heavy atom. The first-order chi connectivity index (χ1) is 9.77. The Bertz CT molecular complexity index is 450. The molecule has 20 heavy (non-hydrogen) atoms. The highest BCUT2D eigenvalue weighted by Crippen LogP contribution is 2.22. The first-order valence-electron chi connectivity index (χ1n) is 7.37. The van der Waals surface area contributed by atoms with Crippen molar-refractivity contribution in [3.63, 3.8) is 0 Å². The van der Waals surface area contributed by atoms with Gasteiger partial charge in [-0.15, -0.1) is 0 Å². The van der Waals surface area contributed by atoms with Crippen LogP contribution in [0.25, 0.3) is 0 Å². The molecule has 0 aromatic carbocycles. The number of likely N-dealkylation sites (tertiary alicyclic amines) is 1. The molecule has 0 aliphatic carbocycles. The van der Waals surface area contributed by atoms with Gasteiger partial charge >= 0.3 is 0 Å². The molecule has 0 bridgehead atoms. The predicted molar refractivity (Wildman–Crippen MR) is 78.8 cm³/mol. The van der Waals surface area contributed by atoms with Gasteiger partial charge in [-0.3, -0.25) is 9.78 Å². The summed E-state index contributed by atoms with van der Waals surface area (Å²) in [4.78, 5) is 18.7. The Kier molecular flexibility index (Phi) is 5.35. The molecule has 5 heteroatoms. The number of carbonyl (C=O) groups is 1. The van der Waals surface area contributed by atoms with Crippen molar-refractivity contribution in [2.45, 2.75) is 38.6 Å². The fraction of sp³-hybridized carbons (Fsp3) is 0.600. The number of nitrogens with zero attached hydrogens (tertiary/aromatic N) is 2. The number of nitrogens with one attached hydrogen (secondary N) is 1. The van der Waals surface area contributed by atoms with Gasteiger partial charge in [0.15, 0.2) is 0 Å². The summed E-state index contributed by atoms with van der Waals surface area (Å²) in [6, 6.07) is 1.69. The van der Waals surface area contributed by atoms with Crippen molar-refractivity contribution >= 4 is 11.6 Å². The topological polar surface area (TPSA) is 65.5 Å². The summed E-state index contributed by atoms with van der Waals surface area (Å²) in [5, 5.41) is 12.7. The van der Waals surface area contributed by atoms with Gasteiger partial charge in [0.25, 0.3) is 5.91 Å². The van der Waals surface area contributed by atoms with Crippen molar-refractivity contribution in [3.05, 3.63) is 24.0 Å². The molecule has 1 atom stereocenters. The van der Waals surface area contributed by atoms with Crippen molar-refractivity contribution < 1.29 is 9.90 Å². The third-order valence-corrected chi connectivity index (χ3v) is 3.77. The summed E-state index contributed by atoms with van der Waals surface area (Å²) in [6.07, 6.45) is 7.40. The van der Waals surface area contributed by atoms with Crippen molar-refractivity contribution in [3.8, 4) is 0 Å². The number of aliphatic hydroxyl groups is 1. The molecule has 1 unspecified atom stereocenters. The Morgan fingerprint density at radius 2 is 2.35 bits per heavy atom. The van der Waals surface area contributed by atoms with Gasteiger partial charge in [0, 0.05) is 19.3 Å². The lowest BCUT2D eigenvalue weighted by Gasteiger charge is -2.29. The molecule has 0 radical (unpaired) electrons. The van der Waals surface area contributed by atoms with Crippen molar-refractivity contribution in [1.82, 2.24) is 9.88 Å². The van der Waals surface area contributed by atoms with Crippen molar-refractivity contribution in [2.75, 3.05) is 25.0 Å². The highest BCUT2D eigenvalue weighted by molar-refractivity contribution is 5.99. The summed E-state index contributed by atoms with van der Waals surface area (Å²) in [6.45, 7) is 3.49. The lowest BCUT2D eigenvalue weighted by atomic mass is 10.1. The first kappa shape index (κ1) is 14.8. The van der Waals surface area contributed by atoms with Crippen LogP contribution in [0.4, 0.5) is 5.69 Å². The fourth-order valence-corrected chi connectivity index (χ4v) is 2.70. The minimum Gasteiger partial charge on any atom is -0.394 e. The predicted octanol–water partition coefficient (Wildman–Crippen LogP) is 1.89. The summed E-state index contributed by atoms with van der Waals surface area (Å²) < 4.78 is 0. The van der Waals surface area contributed by atoms with E-state index in [1.54, 1.807) is 18.5 Å². The molecule has 1 amide bonds. The molecule has 1 fully saturated rings. The van der Waals surface area contributed by atoms with E-state index in [0.717, 1.165) is 44.5 Å². The number of carbonyl (C=O) groups excluding carboxylic acids is 1. The van der Waals surface area contributed by atoms with Crippen LogP contribution in [0, 0.1) is 0 Å². The van der Waals surface area contributed by atoms with E-state index < -0.39 is 0 Å². The first-order valence-corrected chi connectivity index (χ1v) is 7.37. The van der Waals surface area contributed by atoms with Gasteiger partial charge < -0.3 is 15.3 Å². The van der Waals surface area contributed by atoms with Crippen LogP contribution in [0.15, 0.2) is 18.5 Å². The van der Waals surface area contributed by atoms with Gasteiger partial charge in [0.05, 0.1) is 30.1 Å². The Morgan fingerprint density at radius 3 is 3.10 bits per heavy atom. The number of rotatable bonds is 4. The Hall–Kier alpha value is -1.62. The number of anilines is 1. The van der Waals surface area contributed by atoms with Crippen LogP contribution < -0.4 is 5.32 Å². The second-order valence-electron chi connectivity index (χ2n) is 5.14. The molecule has 2 rings (SSSR count). The molecule has 5 nitrogen and oxygen atoms in total. The van der Waals surface area contributed by atoms with Crippen LogP contribution in [0.1, 0.15) is 43.0 Å². The number of aromatic nitrogens is 1. The van der Waals surface area contributed by atoms with Gasteiger partial charge in [0.2, 0.25) is 0 Å². The molecule has 1 aliphatic rings. The molecule has 2 heterocycles. The van der Waals surface area contributed by atoms with E-state index in [1.807, 2.05) is 11.8 Å². The van der Waals surface area contributed by atoms with Crippen molar-refractivity contribution in [2.24, 2.45) is 0 Å². The maximum absolute atomic E-state index is 12.8. The molecule has 2 N–H and O–H groups in total. The van der Waals surface area contributed by atoms with E-state index in [0.29, 0.717) is 5.56 Å². The number of hydrogen-bond donors (Lipinski definition) is 2. The van der Waals surface area contributed by atoms with Gasteiger partial charge in [-0.1, -0.05) is 12.8 Å². The number of hydrogen-bond acceptors (Lipinski definition) is 4. The summed E-state index contributed by atoms with van der Waals surface area (Å²) in [5.41, 5.74) is 1.41. The number of pyridine rings is 1. The Labute approximate surface area is 120 Å². The fourth-order valence-electron chi connectivity index (χ4n) is 2.70. The van der Waals surface area contributed by atoms with Gasteiger partial charge in [-0.2, -0.15) is 0 Å². The third-order valence-electron chi connectivity index (χ3n) is 3.77. The zero-order valence-corrected chi connectivity index (χ0v) is 12.0. The van der Waals surface area contributed by atoms with E-state index in [2.05, 4.69) is 10.3 Å². The molecule has 1 saturated heterocycles. The van der Waals surface area contributed by atoms with Gasteiger partial charge in [-0.05, 0) is 25.8 Å². The zero-order chi connectivity index (χ0) is 14.4. The molecule has 1 aromatic heterocycles. The molecule has 0 spiro atoms. The van der Waals surface area contributed by atoms with E-state index in [1.165, 1.54) is 0 Å². The molecule has 1 aliphatic heterocycles. The highest BCUT2D eigenvalue weighted by atomic mass is 16.3. The minimum atomic E-state index is -0.0624. The number of aliphatic hydroxyl groups excluding tert-OH is 1. The smallest absolute Gasteiger partial charge is 0.256 e. The normalized spacial score (nSPS) is 19.5. The highest BCUT2D eigenvalue weighted by Gasteiger charge is 2.27. The average molecular weight is 277 g/mol. The van der Waals surface area contributed by atoms with Crippen LogP contribution in [0.3, 0.4) is 0 Å². The Balaban J connectivity index is 2.24.